The first-order chi connectivity index (χ1) is 9.80. The molecule has 0 bridgehead atoms. The van der Waals surface area contributed by atoms with E-state index >= 15 is 0 Å². The van der Waals surface area contributed by atoms with Gasteiger partial charge in [-0.05, 0) is 38.0 Å². The summed E-state index contributed by atoms with van der Waals surface area (Å²) >= 11 is 0. The largest absolute Gasteiger partial charge is 0.300 e. The molecule has 1 unspecified atom stereocenters. The van der Waals surface area contributed by atoms with Crippen molar-refractivity contribution in [1.82, 2.24) is 10.2 Å². The molecule has 0 saturated carbocycles. The number of hydrogen-bond acceptors (Lipinski definition) is 3. The van der Waals surface area contributed by atoms with Gasteiger partial charge in [-0.1, -0.05) is 50.1 Å². The monoisotopic (exact) mass is 271 g/mol. The number of nitrogens with one attached hydrogen (secondary N) is 1. The van der Waals surface area contributed by atoms with E-state index in [1.807, 2.05) is 18.2 Å². The fourth-order valence-electron chi connectivity index (χ4n) is 3.04. The molecule has 1 aliphatic rings. The van der Waals surface area contributed by atoms with Crippen molar-refractivity contribution in [1.29, 1.82) is 5.26 Å². The van der Waals surface area contributed by atoms with Crippen molar-refractivity contribution in [3.05, 3.63) is 35.9 Å². The predicted octanol–water partition coefficient (Wildman–Crippen LogP) is 2.89. The van der Waals surface area contributed by atoms with Crippen LogP contribution in [-0.4, -0.2) is 31.1 Å². The Balaban J connectivity index is 2.20. The normalized spacial score (nSPS) is 19.8. The summed E-state index contributed by atoms with van der Waals surface area (Å²) in [6.45, 7) is 5.87. The molecule has 1 saturated heterocycles. The molecule has 2 rings (SSSR count). The number of rotatable bonds is 5. The van der Waals surface area contributed by atoms with Crippen LogP contribution in [0.15, 0.2) is 30.3 Å². The van der Waals surface area contributed by atoms with E-state index in [0.29, 0.717) is 0 Å². The van der Waals surface area contributed by atoms with E-state index in [0.717, 1.165) is 31.7 Å². The Bertz CT molecular complexity index is 429. The maximum Gasteiger partial charge on any atom is 0.145 e. The van der Waals surface area contributed by atoms with Crippen molar-refractivity contribution in [2.24, 2.45) is 0 Å². The summed E-state index contributed by atoms with van der Waals surface area (Å²) in [5, 5.41) is 13.2. The van der Waals surface area contributed by atoms with Gasteiger partial charge in [-0.15, -0.1) is 0 Å². The first-order valence-corrected chi connectivity index (χ1v) is 7.75. The summed E-state index contributed by atoms with van der Waals surface area (Å²) in [6.07, 6.45) is 5.15. The van der Waals surface area contributed by atoms with Crippen LogP contribution in [-0.2, 0) is 5.54 Å². The third-order valence-corrected chi connectivity index (χ3v) is 4.10. The molecule has 1 aromatic rings. The first kappa shape index (κ1) is 15.0. The molecule has 0 spiro atoms. The van der Waals surface area contributed by atoms with Crippen LogP contribution in [0.4, 0.5) is 0 Å². The van der Waals surface area contributed by atoms with Gasteiger partial charge >= 0.3 is 0 Å². The van der Waals surface area contributed by atoms with Crippen LogP contribution in [0.5, 0.6) is 0 Å². The van der Waals surface area contributed by atoms with E-state index < -0.39 is 5.54 Å². The van der Waals surface area contributed by atoms with Crippen LogP contribution in [0.25, 0.3) is 0 Å². The number of nitrogens with zero attached hydrogens (tertiary/aromatic N) is 2. The van der Waals surface area contributed by atoms with Crippen LogP contribution in [0.3, 0.4) is 0 Å². The van der Waals surface area contributed by atoms with E-state index in [1.54, 1.807) is 0 Å². The fraction of sp³-hybridized carbons (Fsp3) is 0.588. The van der Waals surface area contributed by atoms with E-state index in [4.69, 9.17) is 0 Å². The van der Waals surface area contributed by atoms with Crippen molar-refractivity contribution in [2.75, 3.05) is 26.2 Å². The molecule has 3 heteroatoms. The lowest BCUT2D eigenvalue weighted by Crippen LogP contribution is -2.50. The van der Waals surface area contributed by atoms with Crippen LogP contribution < -0.4 is 5.32 Å². The fourth-order valence-corrected chi connectivity index (χ4v) is 3.04. The summed E-state index contributed by atoms with van der Waals surface area (Å²) in [6, 6.07) is 12.7. The van der Waals surface area contributed by atoms with Gasteiger partial charge in [0.25, 0.3) is 0 Å². The quantitative estimate of drug-likeness (QED) is 0.895. The molecule has 1 aliphatic heterocycles. The van der Waals surface area contributed by atoms with Gasteiger partial charge in [0.05, 0.1) is 6.07 Å². The van der Waals surface area contributed by atoms with Crippen molar-refractivity contribution in [2.45, 2.75) is 38.1 Å². The third kappa shape index (κ3) is 3.59. The van der Waals surface area contributed by atoms with E-state index in [2.05, 4.69) is 35.3 Å². The van der Waals surface area contributed by atoms with Gasteiger partial charge in [0, 0.05) is 6.54 Å². The molecule has 1 heterocycles. The summed E-state index contributed by atoms with van der Waals surface area (Å²) in [5.74, 6) is 0. The Morgan fingerprint density at radius 2 is 1.80 bits per heavy atom. The molecule has 20 heavy (non-hydrogen) atoms. The topological polar surface area (TPSA) is 39.1 Å². The van der Waals surface area contributed by atoms with Crippen LogP contribution >= 0.6 is 0 Å². The van der Waals surface area contributed by atoms with Crippen molar-refractivity contribution >= 4 is 0 Å². The number of hydrogen-bond donors (Lipinski definition) is 1. The Hall–Kier alpha value is -1.37. The zero-order chi connectivity index (χ0) is 14.3. The number of nitriles is 1. The number of benzene rings is 1. The highest BCUT2D eigenvalue weighted by molar-refractivity contribution is 5.32. The predicted molar refractivity (Wildman–Crippen MR) is 82.3 cm³/mol. The van der Waals surface area contributed by atoms with Crippen LogP contribution in [0, 0.1) is 11.3 Å². The Morgan fingerprint density at radius 3 is 2.35 bits per heavy atom. The molecule has 0 aromatic heterocycles. The summed E-state index contributed by atoms with van der Waals surface area (Å²) in [5.41, 5.74) is 0.494. The zero-order valence-corrected chi connectivity index (χ0v) is 12.4. The first-order valence-electron chi connectivity index (χ1n) is 7.75. The molecular weight excluding hydrogens is 246 g/mol. The van der Waals surface area contributed by atoms with Crippen LogP contribution in [0.2, 0.25) is 0 Å². The van der Waals surface area contributed by atoms with Gasteiger partial charge in [-0.2, -0.15) is 5.26 Å². The molecule has 1 aromatic carbocycles. The second kappa shape index (κ2) is 7.42. The highest BCUT2D eigenvalue weighted by atomic mass is 15.2. The minimum Gasteiger partial charge on any atom is -0.300 e. The van der Waals surface area contributed by atoms with Crippen molar-refractivity contribution in [3.63, 3.8) is 0 Å². The van der Waals surface area contributed by atoms with E-state index in [-0.39, 0.29) is 0 Å². The molecule has 108 valence electrons. The number of likely N-dealkylation sites (N-methyl/N-ethyl adjacent to an activating group) is 1. The molecule has 1 atom stereocenters. The average molecular weight is 271 g/mol. The lowest BCUT2D eigenvalue weighted by Gasteiger charge is -2.34. The smallest absolute Gasteiger partial charge is 0.145 e. The lowest BCUT2D eigenvalue weighted by atomic mass is 9.90. The Labute approximate surface area is 122 Å². The van der Waals surface area contributed by atoms with Crippen molar-refractivity contribution < 1.29 is 0 Å². The van der Waals surface area contributed by atoms with E-state index in [9.17, 15) is 5.26 Å². The SMILES string of the molecule is CCNC(C#N)(CN1CCCCCC1)c1ccccc1. The highest BCUT2D eigenvalue weighted by Gasteiger charge is 2.33. The van der Waals surface area contributed by atoms with Gasteiger partial charge in [0.2, 0.25) is 0 Å². The van der Waals surface area contributed by atoms with Gasteiger partial charge < -0.3 is 4.90 Å². The molecule has 1 fully saturated rings. The van der Waals surface area contributed by atoms with Gasteiger partial charge in [0.1, 0.15) is 5.54 Å². The maximum atomic E-state index is 9.82. The molecule has 0 amide bonds. The molecular formula is C17H25N3. The minimum atomic E-state index is -0.583. The van der Waals surface area contributed by atoms with Gasteiger partial charge in [-0.3, -0.25) is 5.32 Å². The van der Waals surface area contributed by atoms with E-state index in [1.165, 1.54) is 25.7 Å². The second-order valence-corrected chi connectivity index (χ2v) is 5.60. The molecule has 0 radical (unpaired) electrons. The van der Waals surface area contributed by atoms with Gasteiger partial charge in [0.15, 0.2) is 0 Å². The molecule has 0 aliphatic carbocycles. The zero-order valence-electron chi connectivity index (χ0n) is 12.4. The highest BCUT2D eigenvalue weighted by Crippen LogP contribution is 2.23. The maximum absolute atomic E-state index is 9.82. The van der Waals surface area contributed by atoms with Crippen molar-refractivity contribution in [3.8, 4) is 6.07 Å². The Kier molecular flexibility index (Phi) is 5.58. The Morgan fingerprint density at radius 1 is 1.15 bits per heavy atom. The third-order valence-electron chi connectivity index (χ3n) is 4.10. The summed E-state index contributed by atoms with van der Waals surface area (Å²) in [4.78, 5) is 2.45. The second-order valence-electron chi connectivity index (χ2n) is 5.60. The standard InChI is InChI=1S/C17H25N3/c1-2-19-17(14-18,16-10-6-5-7-11-16)15-20-12-8-3-4-9-13-20/h5-7,10-11,19H,2-4,8-9,12-13,15H2,1H3. The van der Waals surface area contributed by atoms with Gasteiger partial charge in [-0.25, -0.2) is 0 Å². The number of likely N-dealkylation sites (tertiary alicyclic amines) is 1. The minimum absolute atomic E-state index is 0.583. The van der Waals surface area contributed by atoms with Crippen LogP contribution in [0.1, 0.15) is 38.2 Å². The molecule has 1 N–H and O–H groups in total. The summed E-state index contributed by atoms with van der Waals surface area (Å²) in [7, 11) is 0. The summed E-state index contributed by atoms with van der Waals surface area (Å²) < 4.78 is 0. The molecule has 3 nitrogen and oxygen atoms in total. The average Bonchev–Trinajstić information content (AvgIpc) is 2.76. The lowest BCUT2D eigenvalue weighted by molar-refractivity contribution is 0.219.